The standard InChI is InChI=1S/C11H13ClO4/c1-6-3-4-7(5-8(6)12)9(13)10(14)11(15)16-2/h3-5,9-10,13-14H,1-2H3. The molecular weight excluding hydrogens is 232 g/mol. The number of aliphatic hydroxyl groups excluding tert-OH is 2. The van der Waals surface area contributed by atoms with Crippen molar-refractivity contribution in [2.24, 2.45) is 0 Å². The van der Waals surface area contributed by atoms with Crippen molar-refractivity contribution in [1.29, 1.82) is 0 Å². The van der Waals surface area contributed by atoms with Crippen LogP contribution in [-0.4, -0.2) is 29.4 Å². The molecule has 0 bridgehead atoms. The number of hydrogen-bond acceptors (Lipinski definition) is 4. The Morgan fingerprint density at radius 2 is 2.06 bits per heavy atom. The number of benzene rings is 1. The zero-order chi connectivity index (χ0) is 12.3. The lowest BCUT2D eigenvalue weighted by atomic mass is 10.0. The zero-order valence-corrected chi connectivity index (χ0v) is 9.73. The summed E-state index contributed by atoms with van der Waals surface area (Å²) in [5.74, 6) is -0.885. The van der Waals surface area contributed by atoms with Crippen molar-refractivity contribution in [1.82, 2.24) is 0 Å². The summed E-state index contributed by atoms with van der Waals surface area (Å²) in [7, 11) is 1.14. The van der Waals surface area contributed by atoms with E-state index < -0.39 is 18.2 Å². The third kappa shape index (κ3) is 2.72. The number of halogens is 1. The second kappa shape index (κ2) is 5.30. The Morgan fingerprint density at radius 1 is 1.44 bits per heavy atom. The molecule has 0 saturated heterocycles. The molecule has 2 unspecified atom stereocenters. The molecule has 0 aromatic heterocycles. The quantitative estimate of drug-likeness (QED) is 0.785. The Hall–Kier alpha value is -1.10. The zero-order valence-electron chi connectivity index (χ0n) is 8.98. The molecule has 1 rings (SSSR count). The summed E-state index contributed by atoms with van der Waals surface area (Å²) in [6.45, 7) is 1.81. The third-order valence-electron chi connectivity index (χ3n) is 2.28. The summed E-state index contributed by atoms with van der Waals surface area (Å²) >= 11 is 5.87. The Balaban J connectivity index is 2.91. The molecule has 0 aliphatic rings. The van der Waals surface area contributed by atoms with Crippen LogP contribution in [0.25, 0.3) is 0 Å². The maximum Gasteiger partial charge on any atom is 0.337 e. The van der Waals surface area contributed by atoms with E-state index in [4.69, 9.17) is 11.6 Å². The van der Waals surface area contributed by atoms with Crippen molar-refractivity contribution < 1.29 is 19.7 Å². The van der Waals surface area contributed by atoms with Gasteiger partial charge in [-0.1, -0.05) is 23.7 Å². The largest absolute Gasteiger partial charge is 0.467 e. The second-order valence-corrected chi connectivity index (χ2v) is 3.83. The van der Waals surface area contributed by atoms with E-state index in [1.165, 1.54) is 6.07 Å². The van der Waals surface area contributed by atoms with Crippen LogP contribution in [0.15, 0.2) is 18.2 Å². The Morgan fingerprint density at radius 3 is 2.56 bits per heavy atom. The summed E-state index contributed by atoms with van der Waals surface area (Å²) in [6.07, 6.45) is -2.95. The van der Waals surface area contributed by atoms with E-state index in [1.54, 1.807) is 12.1 Å². The van der Waals surface area contributed by atoms with Crippen molar-refractivity contribution in [3.8, 4) is 0 Å². The molecule has 2 atom stereocenters. The lowest BCUT2D eigenvalue weighted by Crippen LogP contribution is -2.29. The first kappa shape index (κ1) is 13.0. The molecule has 0 aliphatic heterocycles. The van der Waals surface area contributed by atoms with Crippen molar-refractivity contribution >= 4 is 17.6 Å². The number of carbonyl (C=O) groups is 1. The summed E-state index contributed by atoms with van der Waals surface area (Å²) in [6, 6.07) is 4.80. The van der Waals surface area contributed by atoms with Gasteiger partial charge in [0.05, 0.1) is 7.11 Å². The number of methoxy groups -OCH3 is 1. The number of aryl methyl sites for hydroxylation is 1. The minimum absolute atomic E-state index is 0.369. The van der Waals surface area contributed by atoms with Crippen LogP contribution >= 0.6 is 11.6 Å². The van der Waals surface area contributed by atoms with Gasteiger partial charge < -0.3 is 14.9 Å². The van der Waals surface area contributed by atoms with E-state index in [2.05, 4.69) is 4.74 Å². The molecule has 88 valence electrons. The van der Waals surface area contributed by atoms with Crippen LogP contribution in [-0.2, 0) is 9.53 Å². The SMILES string of the molecule is COC(=O)C(O)C(O)c1ccc(C)c(Cl)c1. The van der Waals surface area contributed by atoms with E-state index in [0.29, 0.717) is 10.6 Å². The van der Waals surface area contributed by atoms with Crippen LogP contribution in [0.2, 0.25) is 5.02 Å². The highest BCUT2D eigenvalue weighted by Crippen LogP contribution is 2.23. The highest BCUT2D eigenvalue weighted by atomic mass is 35.5. The topological polar surface area (TPSA) is 66.8 Å². The van der Waals surface area contributed by atoms with Crippen LogP contribution < -0.4 is 0 Å². The maximum absolute atomic E-state index is 11.0. The first-order chi connectivity index (χ1) is 7.47. The molecule has 0 fully saturated rings. The molecule has 5 heteroatoms. The van der Waals surface area contributed by atoms with Crippen LogP contribution in [0, 0.1) is 6.92 Å². The number of carbonyl (C=O) groups excluding carboxylic acids is 1. The number of ether oxygens (including phenoxy) is 1. The second-order valence-electron chi connectivity index (χ2n) is 3.42. The predicted octanol–water partition coefficient (Wildman–Crippen LogP) is 1.22. The van der Waals surface area contributed by atoms with Crippen molar-refractivity contribution in [2.75, 3.05) is 7.11 Å². The Kier molecular flexibility index (Phi) is 4.29. The van der Waals surface area contributed by atoms with Gasteiger partial charge in [0.1, 0.15) is 6.10 Å². The molecule has 1 aromatic rings. The van der Waals surface area contributed by atoms with Gasteiger partial charge in [0.25, 0.3) is 0 Å². The van der Waals surface area contributed by atoms with E-state index in [0.717, 1.165) is 12.7 Å². The monoisotopic (exact) mass is 244 g/mol. The van der Waals surface area contributed by atoms with Gasteiger partial charge in [-0.05, 0) is 24.1 Å². The van der Waals surface area contributed by atoms with E-state index >= 15 is 0 Å². The van der Waals surface area contributed by atoms with Crippen molar-refractivity contribution in [3.05, 3.63) is 34.3 Å². The first-order valence-electron chi connectivity index (χ1n) is 4.67. The average molecular weight is 245 g/mol. The summed E-state index contributed by atoms with van der Waals surface area (Å²) in [4.78, 5) is 11.0. The molecule has 0 heterocycles. The normalized spacial score (nSPS) is 14.3. The summed E-state index contributed by atoms with van der Waals surface area (Å²) in [5.41, 5.74) is 1.22. The van der Waals surface area contributed by atoms with Gasteiger partial charge >= 0.3 is 5.97 Å². The van der Waals surface area contributed by atoms with Gasteiger partial charge in [-0.2, -0.15) is 0 Å². The molecule has 2 N–H and O–H groups in total. The maximum atomic E-state index is 11.0. The molecular formula is C11H13ClO4. The molecule has 4 nitrogen and oxygen atoms in total. The third-order valence-corrected chi connectivity index (χ3v) is 2.69. The fourth-order valence-electron chi connectivity index (χ4n) is 1.23. The average Bonchev–Trinajstić information content (AvgIpc) is 2.29. The lowest BCUT2D eigenvalue weighted by Gasteiger charge is -2.16. The fraction of sp³-hybridized carbons (Fsp3) is 0.364. The van der Waals surface area contributed by atoms with Crippen molar-refractivity contribution in [3.63, 3.8) is 0 Å². The highest BCUT2D eigenvalue weighted by Gasteiger charge is 2.26. The van der Waals surface area contributed by atoms with Gasteiger partial charge in [-0.15, -0.1) is 0 Å². The van der Waals surface area contributed by atoms with Crippen LogP contribution in [0.5, 0.6) is 0 Å². The predicted molar refractivity (Wildman–Crippen MR) is 59.2 cm³/mol. The summed E-state index contributed by atoms with van der Waals surface area (Å²) in [5, 5.41) is 19.6. The number of aliphatic hydroxyl groups is 2. The van der Waals surface area contributed by atoms with Crippen LogP contribution in [0.3, 0.4) is 0 Å². The fourth-order valence-corrected chi connectivity index (χ4v) is 1.41. The molecule has 0 saturated carbocycles. The number of esters is 1. The molecule has 0 aliphatic carbocycles. The molecule has 1 aromatic carbocycles. The molecule has 16 heavy (non-hydrogen) atoms. The molecule has 0 spiro atoms. The van der Waals surface area contributed by atoms with Gasteiger partial charge in [0, 0.05) is 5.02 Å². The van der Waals surface area contributed by atoms with Gasteiger partial charge in [0.2, 0.25) is 0 Å². The molecule has 0 amide bonds. The highest BCUT2D eigenvalue weighted by molar-refractivity contribution is 6.31. The summed E-state index contributed by atoms with van der Waals surface area (Å²) < 4.78 is 4.33. The molecule has 0 radical (unpaired) electrons. The smallest absolute Gasteiger partial charge is 0.337 e. The minimum atomic E-state index is -1.61. The van der Waals surface area contributed by atoms with Gasteiger partial charge in [-0.25, -0.2) is 4.79 Å². The first-order valence-corrected chi connectivity index (χ1v) is 5.05. The number of rotatable bonds is 3. The number of hydrogen-bond donors (Lipinski definition) is 2. The van der Waals surface area contributed by atoms with Crippen molar-refractivity contribution in [2.45, 2.75) is 19.1 Å². The van der Waals surface area contributed by atoms with Crippen LogP contribution in [0.4, 0.5) is 0 Å². The van der Waals surface area contributed by atoms with E-state index in [9.17, 15) is 15.0 Å². The van der Waals surface area contributed by atoms with Crippen LogP contribution in [0.1, 0.15) is 17.2 Å². The Bertz CT molecular complexity index is 392. The van der Waals surface area contributed by atoms with Gasteiger partial charge in [0.15, 0.2) is 6.10 Å². The van der Waals surface area contributed by atoms with E-state index in [-0.39, 0.29) is 0 Å². The van der Waals surface area contributed by atoms with Gasteiger partial charge in [-0.3, -0.25) is 0 Å². The van der Waals surface area contributed by atoms with E-state index in [1.807, 2.05) is 6.92 Å². The minimum Gasteiger partial charge on any atom is -0.467 e. The Labute approximate surface area is 98.4 Å². The lowest BCUT2D eigenvalue weighted by molar-refractivity contribution is -0.156.